The van der Waals surface area contributed by atoms with Gasteiger partial charge in [-0.3, -0.25) is 4.18 Å². The molecule has 3 nitrogen and oxygen atoms in total. The zero-order valence-corrected chi connectivity index (χ0v) is 13.5. The van der Waals surface area contributed by atoms with E-state index in [1.807, 2.05) is 0 Å². The Labute approximate surface area is 136 Å². The predicted molar refractivity (Wildman–Crippen MR) is 79.6 cm³/mol. The molecule has 2 rings (SSSR count). The van der Waals surface area contributed by atoms with Crippen molar-refractivity contribution in [3.8, 4) is 0 Å². The molecule has 0 bridgehead atoms. The molecule has 124 valence electrons. The van der Waals surface area contributed by atoms with Crippen molar-refractivity contribution in [1.82, 2.24) is 0 Å². The second kappa shape index (κ2) is 6.51. The minimum atomic E-state index is -4.66. The van der Waals surface area contributed by atoms with Crippen molar-refractivity contribution in [3.63, 3.8) is 0 Å². The van der Waals surface area contributed by atoms with E-state index < -0.39 is 34.0 Å². The largest absolute Gasteiger partial charge is 0.416 e. The molecule has 0 N–H and O–H groups in total. The Kier molecular flexibility index (Phi) is 5.03. The van der Waals surface area contributed by atoms with E-state index in [1.165, 1.54) is 18.2 Å². The van der Waals surface area contributed by atoms with Crippen LogP contribution in [-0.2, 0) is 27.1 Å². The first-order chi connectivity index (χ1) is 10.6. The predicted octanol–water partition coefficient (Wildman–Crippen LogP) is 4.57. The highest BCUT2D eigenvalue weighted by molar-refractivity contribution is 7.86. The van der Waals surface area contributed by atoms with E-state index in [1.54, 1.807) is 19.1 Å². The lowest BCUT2D eigenvalue weighted by Gasteiger charge is -2.14. The molecule has 2 aromatic rings. The lowest BCUT2D eigenvalue weighted by molar-refractivity contribution is -0.138. The van der Waals surface area contributed by atoms with E-state index >= 15 is 0 Å². The van der Waals surface area contributed by atoms with Crippen LogP contribution in [0.1, 0.15) is 16.7 Å². The zero-order valence-electron chi connectivity index (χ0n) is 11.9. The fourth-order valence-electron chi connectivity index (χ4n) is 1.88. The van der Waals surface area contributed by atoms with Crippen LogP contribution in [0.5, 0.6) is 0 Å². The second-order valence-corrected chi connectivity index (χ2v) is 6.82. The lowest BCUT2D eigenvalue weighted by Crippen LogP contribution is -2.13. The molecule has 2 aromatic carbocycles. The van der Waals surface area contributed by atoms with Crippen LogP contribution < -0.4 is 0 Å². The third-order valence-corrected chi connectivity index (χ3v) is 4.72. The topological polar surface area (TPSA) is 43.4 Å². The minimum Gasteiger partial charge on any atom is -0.261 e. The molecule has 8 heteroatoms. The second-order valence-electron chi connectivity index (χ2n) is 4.79. The molecule has 0 radical (unpaired) electrons. The number of rotatable bonds is 4. The normalized spacial score (nSPS) is 12.4. The van der Waals surface area contributed by atoms with Gasteiger partial charge in [0, 0.05) is 10.6 Å². The first-order valence-electron chi connectivity index (χ1n) is 6.42. The molecule has 0 saturated carbocycles. The van der Waals surface area contributed by atoms with E-state index in [2.05, 4.69) is 0 Å². The zero-order chi connectivity index (χ0) is 17.3. The molecular formula is C15H12ClF3O3S. The molecule has 23 heavy (non-hydrogen) atoms. The summed E-state index contributed by atoms with van der Waals surface area (Å²) < 4.78 is 67.7. The third kappa shape index (κ3) is 4.25. The van der Waals surface area contributed by atoms with Crippen molar-refractivity contribution in [1.29, 1.82) is 0 Å². The molecule has 0 aliphatic heterocycles. The number of hydrogen-bond acceptors (Lipinski definition) is 3. The van der Waals surface area contributed by atoms with Gasteiger partial charge in [-0.2, -0.15) is 21.6 Å². The molecule has 0 aliphatic rings. The summed E-state index contributed by atoms with van der Waals surface area (Å²) in [4.78, 5) is -0.135. The van der Waals surface area contributed by atoms with Crippen LogP contribution in [0.25, 0.3) is 0 Å². The fourth-order valence-corrected chi connectivity index (χ4v) is 2.99. The molecule has 0 amide bonds. The highest BCUT2D eigenvalue weighted by atomic mass is 35.5. The van der Waals surface area contributed by atoms with Crippen LogP contribution in [0.3, 0.4) is 0 Å². The third-order valence-electron chi connectivity index (χ3n) is 3.09. The van der Waals surface area contributed by atoms with Gasteiger partial charge in [0.2, 0.25) is 0 Å². The highest BCUT2D eigenvalue weighted by Crippen LogP contribution is 2.35. The van der Waals surface area contributed by atoms with Gasteiger partial charge in [0.25, 0.3) is 10.1 Å². The minimum absolute atomic E-state index is 0.135. The van der Waals surface area contributed by atoms with Gasteiger partial charge in [-0.15, -0.1) is 0 Å². The number of aryl methyl sites for hydroxylation is 1. The van der Waals surface area contributed by atoms with Crippen LogP contribution in [0.2, 0.25) is 5.02 Å². The first-order valence-corrected chi connectivity index (χ1v) is 8.20. The molecule has 0 heterocycles. The summed E-state index contributed by atoms with van der Waals surface area (Å²) in [6.07, 6.45) is -4.66. The number of alkyl halides is 3. The van der Waals surface area contributed by atoms with Crippen molar-refractivity contribution < 1.29 is 25.8 Å². The van der Waals surface area contributed by atoms with E-state index in [-0.39, 0.29) is 9.92 Å². The molecule has 0 fully saturated rings. The Morgan fingerprint density at radius 3 is 2.26 bits per heavy atom. The maximum Gasteiger partial charge on any atom is 0.416 e. The fraction of sp³-hybridized carbons (Fsp3) is 0.200. The van der Waals surface area contributed by atoms with Gasteiger partial charge in [-0.25, -0.2) is 0 Å². The van der Waals surface area contributed by atoms with Gasteiger partial charge >= 0.3 is 6.18 Å². The van der Waals surface area contributed by atoms with E-state index in [0.29, 0.717) is 0 Å². The smallest absolute Gasteiger partial charge is 0.261 e. The Morgan fingerprint density at radius 2 is 1.70 bits per heavy atom. The van der Waals surface area contributed by atoms with Gasteiger partial charge in [0.15, 0.2) is 0 Å². The van der Waals surface area contributed by atoms with Crippen molar-refractivity contribution in [2.24, 2.45) is 0 Å². The van der Waals surface area contributed by atoms with Crippen LogP contribution in [0, 0.1) is 6.92 Å². The van der Waals surface area contributed by atoms with E-state index in [4.69, 9.17) is 15.8 Å². The number of halogens is 4. The highest BCUT2D eigenvalue weighted by Gasteiger charge is 2.34. The molecule has 0 aliphatic carbocycles. The summed E-state index contributed by atoms with van der Waals surface area (Å²) in [5.74, 6) is 0. The van der Waals surface area contributed by atoms with Gasteiger partial charge in [-0.1, -0.05) is 35.4 Å². The van der Waals surface area contributed by atoms with E-state index in [0.717, 1.165) is 17.7 Å². The maximum absolute atomic E-state index is 13.0. The monoisotopic (exact) mass is 364 g/mol. The Bertz CT molecular complexity index is 800. The van der Waals surface area contributed by atoms with Crippen LogP contribution in [-0.4, -0.2) is 8.42 Å². The van der Waals surface area contributed by atoms with Crippen LogP contribution in [0.4, 0.5) is 13.2 Å². The molecular weight excluding hydrogens is 353 g/mol. The number of benzene rings is 2. The molecule has 0 spiro atoms. The maximum atomic E-state index is 13.0. The molecule has 0 atom stereocenters. The Hall–Kier alpha value is -1.57. The van der Waals surface area contributed by atoms with E-state index in [9.17, 15) is 21.6 Å². The first kappa shape index (κ1) is 17.8. The summed E-state index contributed by atoms with van der Waals surface area (Å²) in [5, 5.41) is -0.209. The quantitative estimate of drug-likeness (QED) is 0.746. The van der Waals surface area contributed by atoms with Gasteiger partial charge < -0.3 is 0 Å². The van der Waals surface area contributed by atoms with Crippen molar-refractivity contribution in [3.05, 3.63) is 64.2 Å². The van der Waals surface area contributed by atoms with Gasteiger partial charge in [0.1, 0.15) is 0 Å². The summed E-state index contributed by atoms with van der Waals surface area (Å²) in [6, 6.07) is 8.98. The van der Waals surface area contributed by atoms with Crippen molar-refractivity contribution >= 4 is 21.7 Å². The van der Waals surface area contributed by atoms with Gasteiger partial charge in [0.05, 0.1) is 17.1 Å². The van der Waals surface area contributed by atoms with Crippen LogP contribution >= 0.6 is 11.6 Å². The average Bonchev–Trinajstić information content (AvgIpc) is 2.45. The van der Waals surface area contributed by atoms with Crippen LogP contribution in [0.15, 0.2) is 47.4 Å². The summed E-state index contributed by atoms with van der Waals surface area (Å²) in [6.45, 7) is 0.974. The van der Waals surface area contributed by atoms with Crippen molar-refractivity contribution in [2.45, 2.75) is 24.6 Å². The molecule has 0 unspecified atom stereocenters. The summed E-state index contributed by atoms with van der Waals surface area (Å²) in [7, 11) is -4.18. The summed E-state index contributed by atoms with van der Waals surface area (Å²) >= 11 is 5.76. The Balaban J connectivity index is 2.29. The summed E-state index contributed by atoms with van der Waals surface area (Å²) in [5.41, 5.74) is -0.601. The van der Waals surface area contributed by atoms with Gasteiger partial charge in [-0.05, 0) is 31.2 Å². The average molecular weight is 365 g/mol. The molecule has 0 saturated heterocycles. The number of hydrogen-bond donors (Lipinski definition) is 0. The molecule has 0 aromatic heterocycles. The standard InChI is InChI=1S/C15H12ClF3O3S/c1-10-5-7-11(8-6-10)23(20,21)22-9-12-13(15(17,18)19)3-2-4-14(12)16/h2-8H,9H2,1H3. The van der Waals surface area contributed by atoms with Crippen molar-refractivity contribution in [2.75, 3.05) is 0 Å². The Morgan fingerprint density at radius 1 is 1.09 bits per heavy atom. The SMILES string of the molecule is Cc1ccc(S(=O)(=O)OCc2c(Cl)cccc2C(F)(F)F)cc1. The lowest BCUT2D eigenvalue weighted by atomic mass is 10.1.